The van der Waals surface area contributed by atoms with Gasteiger partial charge in [-0.1, -0.05) is 6.07 Å². The summed E-state index contributed by atoms with van der Waals surface area (Å²) >= 11 is 0. The number of rotatable bonds is 5. The molecule has 1 aromatic carbocycles. The molecule has 3 rings (SSSR count). The zero-order valence-corrected chi connectivity index (χ0v) is 17.2. The minimum atomic E-state index is -0.208. The molecule has 0 amide bonds. The molecule has 8 nitrogen and oxygen atoms in total. The lowest BCUT2D eigenvalue weighted by Crippen LogP contribution is -3.27. The van der Waals surface area contributed by atoms with Gasteiger partial charge in [0, 0.05) is 0 Å². The Bertz CT molecular complexity index is 762. The molecule has 0 radical (unpaired) electrons. The highest BCUT2D eigenvalue weighted by Gasteiger charge is 2.39. The van der Waals surface area contributed by atoms with Crippen LogP contribution in [-0.2, 0) is 5.54 Å². The standard InChI is InChI=1S/C19H30N6O2/c1-19(2,3)25-18(20-21-22-25)16(24-12-10-23(4)11-13-24)14-8-7-9-15(26-5)17(14)27-6/h7-9,16H,10-13H2,1-6H3/p+2/t16-/m1/s1. The maximum absolute atomic E-state index is 5.76. The second kappa shape index (κ2) is 7.82. The number of benzene rings is 1. The zero-order valence-electron chi connectivity index (χ0n) is 17.2. The van der Waals surface area contributed by atoms with Crippen LogP contribution in [0.4, 0.5) is 0 Å². The first-order chi connectivity index (χ1) is 12.9. The SMILES string of the molecule is COc1cccc([C@H](c2nnnn2C(C)(C)C)[NH+]2CC[NH+](C)CC2)c1OC. The highest BCUT2D eigenvalue weighted by atomic mass is 16.5. The zero-order chi connectivity index (χ0) is 19.6. The Morgan fingerprint density at radius 2 is 1.78 bits per heavy atom. The summed E-state index contributed by atoms with van der Waals surface area (Å²) in [7, 11) is 5.60. The lowest BCUT2D eigenvalue weighted by atomic mass is 10.00. The number of piperazine rings is 1. The van der Waals surface area contributed by atoms with Crippen molar-refractivity contribution in [2.45, 2.75) is 32.4 Å². The molecule has 1 fully saturated rings. The molecule has 27 heavy (non-hydrogen) atoms. The number of aromatic nitrogens is 4. The van der Waals surface area contributed by atoms with Crippen molar-refractivity contribution in [1.29, 1.82) is 0 Å². The first-order valence-electron chi connectivity index (χ1n) is 9.52. The lowest BCUT2D eigenvalue weighted by Gasteiger charge is -2.34. The Morgan fingerprint density at radius 3 is 2.37 bits per heavy atom. The number of likely N-dealkylation sites (N-methyl/N-ethyl adjacent to an activating group) is 1. The number of hydrogen-bond donors (Lipinski definition) is 2. The van der Waals surface area contributed by atoms with Crippen molar-refractivity contribution >= 4 is 0 Å². The molecule has 0 spiro atoms. The maximum atomic E-state index is 5.76. The minimum absolute atomic E-state index is 0.0163. The van der Waals surface area contributed by atoms with E-state index in [0.29, 0.717) is 0 Å². The summed E-state index contributed by atoms with van der Waals surface area (Å²) in [6.07, 6.45) is 0. The predicted octanol–water partition coefficient (Wildman–Crippen LogP) is -1.05. The largest absolute Gasteiger partial charge is 0.493 e. The quantitative estimate of drug-likeness (QED) is 0.697. The first-order valence-corrected chi connectivity index (χ1v) is 9.52. The molecule has 0 aliphatic carbocycles. The summed E-state index contributed by atoms with van der Waals surface area (Å²) < 4.78 is 13.3. The Labute approximate surface area is 161 Å². The third-order valence-electron chi connectivity index (χ3n) is 5.29. The monoisotopic (exact) mass is 376 g/mol. The van der Waals surface area contributed by atoms with Gasteiger partial charge in [-0.25, -0.2) is 4.68 Å². The molecule has 2 aromatic rings. The van der Waals surface area contributed by atoms with Crippen molar-refractivity contribution in [3.05, 3.63) is 29.6 Å². The van der Waals surface area contributed by atoms with Crippen LogP contribution < -0.4 is 19.3 Å². The van der Waals surface area contributed by atoms with Gasteiger partial charge in [-0.2, -0.15) is 0 Å². The average molecular weight is 377 g/mol. The van der Waals surface area contributed by atoms with Gasteiger partial charge in [0.05, 0.1) is 32.4 Å². The molecular formula is C19H32N6O2+2. The van der Waals surface area contributed by atoms with Crippen molar-refractivity contribution in [3.8, 4) is 11.5 Å². The van der Waals surface area contributed by atoms with Crippen molar-refractivity contribution in [3.63, 3.8) is 0 Å². The number of nitrogens with zero attached hydrogens (tertiary/aromatic N) is 4. The van der Waals surface area contributed by atoms with Crippen molar-refractivity contribution < 1.29 is 19.3 Å². The topological polar surface area (TPSA) is 70.9 Å². The molecule has 148 valence electrons. The summed E-state index contributed by atoms with van der Waals surface area (Å²) in [4.78, 5) is 3.01. The molecule has 0 saturated carbocycles. The Hall–Kier alpha value is -2.19. The van der Waals surface area contributed by atoms with Crippen LogP contribution in [0.1, 0.15) is 38.2 Å². The van der Waals surface area contributed by atoms with Crippen LogP contribution in [-0.4, -0.2) is 67.7 Å². The van der Waals surface area contributed by atoms with E-state index in [-0.39, 0.29) is 11.6 Å². The van der Waals surface area contributed by atoms with Gasteiger partial charge >= 0.3 is 0 Å². The number of tetrazole rings is 1. The highest BCUT2D eigenvalue weighted by molar-refractivity contribution is 5.48. The molecule has 1 aromatic heterocycles. The molecule has 1 aliphatic rings. The Morgan fingerprint density at radius 1 is 1.07 bits per heavy atom. The molecule has 2 N–H and O–H groups in total. The third-order valence-corrected chi connectivity index (χ3v) is 5.29. The van der Waals surface area contributed by atoms with Gasteiger partial charge in [0.15, 0.2) is 17.5 Å². The number of hydrogen-bond acceptors (Lipinski definition) is 5. The van der Waals surface area contributed by atoms with Crippen LogP contribution in [0.15, 0.2) is 18.2 Å². The minimum Gasteiger partial charge on any atom is -0.493 e. The van der Waals surface area contributed by atoms with Gasteiger partial charge in [0.2, 0.25) is 5.82 Å². The van der Waals surface area contributed by atoms with E-state index in [4.69, 9.17) is 9.47 Å². The fourth-order valence-electron chi connectivity index (χ4n) is 3.82. The van der Waals surface area contributed by atoms with Crippen molar-refractivity contribution in [2.24, 2.45) is 0 Å². The summed E-state index contributed by atoms with van der Waals surface area (Å²) in [6.45, 7) is 10.7. The second-order valence-corrected chi connectivity index (χ2v) is 8.25. The van der Waals surface area contributed by atoms with Gasteiger partial charge in [-0.15, -0.1) is 5.10 Å². The number of ether oxygens (including phenoxy) is 2. The molecule has 1 atom stereocenters. The molecule has 0 bridgehead atoms. The predicted molar refractivity (Wildman–Crippen MR) is 102 cm³/mol. The van der Waals surface area contributed by atoms with Crippen LogP contribution in [0, 0.1) is 0 Å². The average Bonchev–Trinajstić information content (AvgIpc) is 3.13. The van der Waals surface area contributed by atoms with E-state index in [1.54, 1.807) is 19.1 Å². The van der Waals surface area contributed by atoms with E-state index < -0.39 is 0 Å². The molecule has 2 heterocycles. The molecule has 1 saturated heterocycles. The molecule has 0 unspecified atom stereocenters. The number of quaternary nitrogens is 2. The van der Waals surface area contributed by atoms with E-state index in [2.05, 4.69) is 49.4 Å². The van der Waals surface area contributed by atoms with Crippen molar-refractivity contribution in [1.82, 2.24) is 20.2 Å². The van der Waals surface area contributed by atoms with Gasteiger partial charge < -0.3 is 19.3 Å². The number of methoxy groups -OCH3 is 2. The van der Waals surface area contributed by atoms with E-state index in [0.717, 1.165) is 49.1 Å². The van der Waals surface area contributed by atoms with Crippen LogP contribution in [0.2, 0.25) is 0 Å². The van der Waals surface area contributed by atoms with Gasteiger partial charge in [-0.05, 0) is 43.3 Å². The van der Waals surface area contributed by atoms with E-state index in [1.165, 1.54) is 4.90 Å². The fraction of sp³-hybridized carbons (Fsp3) is 0.632. The third kappa shape index (κ3) is 3.91. The molecule has 8 heteroatoms. The lowest BCUT2D eigenvalue weighted by molar-refractivity contribution is -1.02. The van der Waals surface area contributed by atoms with Gasteiger partial charge in [0.25, 0.3) is 0 Å². The van der Waals surface area contributed by atoms with E-state index in [9.17, 15) is 0 Å². The smallest absolute Gasteiger partial charge is 0.214 e. The maximum Gasteiger partial charge on any atom is 0.214 e. The summed E-state index contributed by atoms with van der Waals surface area (Å²) in [5, 5.41) is 12.8. The van der Waals surface area contributed by atoms with Gasteiger partial charge in [0.1, 0.15) is 26.2 Å². The number of para-hydroxylation sites is 1. The van der Waals surface area contributed by atoms with Crippen LogP contribution in [0.3, 0.4) is 0 Å². The summed E-state index contributed by atoms with van der Waals surface area (Å²) in [5.41, 5.74) is 0.854. The van der Waals surface area contributed by atoms with Crippen LogP contribution in [0.25, 0.3) is 0 Å². The Balaban J connectivity index is 2.14. The highest BCUT2D eigenvalue weighted by Crippen LogP contribution is 2.36. The normalized spacial score (nSPS) is 21.7. The van der Waals surface area contributed by atoms with E-state index >= 15 is 0 Å². The summed E-state index contributed by atoms with van der Waals surface area (Å²) in [5.74, 6) is 2.35. The van der Waals surface area contributed by atoms with Crippen molar-refractivity contribution in [2.75, 3.05) is 47.4 Å². The summed E-state index contributed by atoms with van der Waals surface area (Å²) in [6, 6.07) is 6.02. The Kier molecular flexibility index (Phi) is 5.67. The second-order valence-electron chi connectivity index (χ2n) is 8.25. The molecular weight excluding hydrogens is 344 g/mol. The first kappa shape index (κ1) is 19.6. The number of nitrogens with one attached hydrogen (secondary N) is 2. The molecule has 1 aliphatic heterocycles. The van der Waals surface area contributed by atoms with E-state index in [1.807, 2.05) is 16.8 Å². The van der Waals surface area contributed by atoms with Crippen LogP contribution >= 0.6 is 0 Å². The van der Waals surface area contributed by atoms with Crippen LogP contribution in [0.5, 0.6) is 11.5 Å². The fourth-order valence-corrected chi connectivity index (χ4v) is 3.82. The van der Waals surface area contributed by atoms with Gasteiger partial charge in [-0.3, -0.25) is 0 Å².